The maximum Gasteiger partial charge on any atom is 0.131 e. The van der Waals surface area contributed by atoms with Gasteiger partial charge in [0.1, 0.15) is 6.23 Å². The van der Waals surface area contributed by atoms with Gasteiger partial charge in [-0.05, 0) is 19.9 Å². The molecule has 0 bridgehead atoms. The van der Waals surface area contributed by atoms with E-state index in [-0.39, 0.29) is 12.8 Å². The van der Waals surface area contributed by atoms with E-state index in [0.717, 1.165) is 19.4 Å². The molecule has 0 amide bonds. The lowest BCUT2D eigenvalue weighted by molar-refractivity contribution is -0.0330. The zero-order valence-corrected chi connectivity index (χ0v) is 9.29. The van der Waals surface area contributed by atoms with Gasteiger partial charge in [0.2, 0.25) is 0 Å². The van der Waals surface area contributed by atoms with Crippen molar-refractivity contribution in [2.24, 2.45) is 0 Å². The molecule has 4 heteroatoms. The Morgan fingerprint density at radius 3 is 2.64 bits per heavy atom. The molecule has 0 aliphatic rings. The number of nitrogens with one attached hydrogen (secondary N) is 1. The van der Waals surface area contributed by atoms with E-state index in [1.165, 1.54) is 0 Å². The third-order valence-electron chi connectivity index (χ3n) is 1.82. The zero-order valence-electron chi connectivity index (χ0n) is 9.29. The molecule has 4 nitrogen and oxygen atoms in total. The Morgan fingerprint density at radius 2 is 2.07 bits per heavy atom. The normalized spacial score (nSPS) is 13.1. The molecule has 1 atom stereocenters. The largest absolute Gasteiger partial charge is 0.392 e. The van der Waals surface area contributed by atoms with Crippen LogP contribution in [0.15, 0.2) is 0 Å². The predicted molar refractivity (Wildman–Crippen MR) is 56.2 cm³/mol. The lowest BCUT2D eigenvalue weighted by atomic mass is 10.3. The number of hydrogen-bond acceptors (Lipinski definition) is 4. The molecule has 0 spiro atoms. The van der Waals surface area contributed by atoms with Gasteiger partial charge in [0.05, 0.1) is 19.8 Å². The first kappa shape index (κ1) is 13.8. The predicted octanol–water partition coefficient (Wildman–Crippen LogP) is 0.748. The SMILES string of the molecule is CCCCNC(CO)OCCOCC. The van der Waals surface area contributed by atoms with Crippen LogP contribution in [0.5, 0.6) is 0 Å². The highest BCUT2D eigenvalue weighted by atomic mass is 16.5. The molecule has 0 heterocycles. The van der Waals surface area contributed by atoms with Crippen LogP contribution in [0.4, 0.5) is 0 Å². The fourth-order valence-corrected chi connectivity index (χ4v) is 1.01. The van der Waals surface area contributed by atoms with Crippen LogP contribution in [0.3, 0.4) is 0 Å². The van der Waals surface area contributed by atoms with Crippen molar-refractivity contribution in [3.63, 3.8) is 0 Å². The molecule has 0 saturated carbocycles. The summed E-state index contributed by atoms with van der Waals surface area (Å²) in [7, 11) is 0. The third kappa shape index (κ3) is 8.44. The standard InChI is InChI=1S/C10H23NO3/c1-3-5-6-11-10(9-12)14-8-7-13-4-2/h10-12H,3-9H2,1-2H3. The summed E-state index contributed by atoms with van der Waals surface area (Å²) in [6.45, 7) is 6.79. The highest BCUT2D eigenvalue weighted by Gasteiger charge is 2.04. The van der Waals surface area contributed by atoms with Gasteiger partial charge in [0, 0.05) is 6.61 Å². The van der Waals surface area contributed by atoms with E-state index < -0.39 is 0 Å². The molecule has 0 radical (unpaired) electrons. The highest BCUT2D eigenvalue weighted by molar-refractivity contribution is 4.53. The van der Waals surface area contributed by atoms with Crippen LogP contribution in [0.25, 0.3) is 0 Å². The van der Waals surface area contributed by atoms with Gasteiger partial charge < -0.3 is 14.6 Å². The van der Waals surface area contributed by atoms with Crippen LogP contribution in [0, 0.1) is 0 Å². The van der Waals surface area contributed by atoms with Crippen molar-refractivity contribution in [1.29, 1.82) is 0 Å². The molecule has 0 fully saturated rings. The van der Waals surface area contributed by atoms with Crippen molar-refractivity contribution in [3.8, 4) is 0 Å². The van der Waals surface area contributed by atoms with E-state index in [1.54, 1.807) is 0 Å². The molecular weight excluding hydrogens is 182 g/mol. The van der Waals surface area contributed by atoms with Crippen LogP contribution in [0.1, 0.15) is 26.7 Å². The van der Waals surface area contributed by atoms with Crippen molar-refractivity contribution in [2.75, 3.05) is 33.0 Å². The van der Waals surface area contributed by atoms with E-state index >= 15 is 0 Å². The minimum atomic E-state index is -0.248. The quantitative estimate of drug-likeness (QED) is 0.408. The van der Waals surface area contributed by atoms with Crippen molar-refractivity contribution >= 4 is 0 Å². The second-order valence-electron chi connectivity index (χ2n) is 3.05. The number of hydrogen-bond donors (Lipinski definition) is 2. The minimum absolute atomic E-state index is 0.00976. The average Bonchev–Trinajstić information content (AvgIpc) is 2.22. The van der Waals surface area contributed by atoms with Gasteiger partial charge in [-0.3, -0.25) is 5.32 Å². The highest BCUT2D eigenvalue weighted by Crippen LogP contribution is 1.89. The monoisotopic (exact) mass is 205 g/mol. The maximum atomic E-state index is 8.95. The van der Waals surface area contributed by atoms with Crippen molar-refractivity contribution in [3.05, 3.63) is 0 Å². The van der Waals surface area contributed by atoms with E-state index in [9.17, 15) is 0 Å². The first-order chi connectivity index (χ1) is 6.85. The van der Waals surface area contributed by atoms with Gasteiger partial charge in [0.15, 0.2) is 0 Å². The number of rotatable bonds is 10. The summed E-state index contributed by atoms with van der Waals surface area (Å²) < 4.78 is 10.5. The van der Waals surface area contributed by atoms with Crippen LogP contribution in [-0.4, -0.2) is 44.3 Å². The lowest BCUT2D eigenvalue weighted by Crippen LogP contribution is -2.36. The lowest BCUT2D eigenvalue weighted by Gasteiger charge is -2.16. The summed E-state index contributed by atoms with van der Waals surface area (Å²) in [5.74, 6) is 0. The molecule has 0 aromatic rings. The average molecular weight is 205 g/mol. The topological polar surface area (TPSA) is 50.7 Å². The third-order valence-corrected chi connectivity index (χ3v) is 1.82. The van der Waals surface area contributed by atoms with Gasteiger partial charge in [-0.25, -0.2) is 0 Å². The summed E-state index contributed by atoms with van der Waals surface area (Å²) >= 11 is 0. The minimum Gasteiger partial charge on any atom is -0.392 e. The van der Waals surface area contributed by atoms with Crippen LogP contribution < -0.4 is 5.32 Å². The summed E-state index contributed by atoms with van der Waals surface area (Å²) in [6.07, 6.45) is 2.00. The molecule has 0 aromatic heterocycles. The van der Waals surface area contributed by atoms with Crippen molar-refractivity contribution in [1.82, 2.24) is 5.32 Å². The number of unbranched alkanes of at least 4 members (excludes halogenated alkanes) is 1. The second-order valence-corrected chi connectivity index (χ2v) is 3.05. The first-order valence-electron chi connectivity index (χ1n) is 5.38. The fourth-order valence-electron chi connectivity index (χ4n) is 1.01. The molecule has 1 unspecified atom stereocenters. The Bertz CT molecular complexity index is 112. The number of aliphatic hydroxyl groups excluding tert-OH is 1. The molecule has 0 aliphatic carbocycles. The summed E-state index contributed by atoms with van der Waals surface area (Å²) in [4.78, 5) is 0. The molecule has 0 aliphatic heterocycles. The van der Waals surface area contributed by atoms with E-state index in [0.29, 0.717) is 19.8 Å². The number of ether oxygens (including phenoxy) is 2. The summed E-state index contributed by atoms with van der Waals surface area (Å²) in [5.41, 5.74) is 0. The second kappa shape index (κ2) is 10.9. The molecule has 86 valence electrons. The Labute approximate surface area is 86.6 Å². The smallest absolute Gasteiger partial charge is 0.131 e. The molecule has 0 rings (SSSR count). The Balaban J connectivity index is 3.28. The zero-order chi connectivity index (χ0) is 10.6. The van der Waals surface area contributed by atoms with Gasteiger partial charge in [0.25, 0.3) is 0 Å². The van der Waals surface area contributed by atoms with Crippen LogP contribution >= 0.6 is 0 Å². The molecule has 0 saturated heterocycles. The fraction of sp³-hybridized carbons (Fsp3) is 1.00. The molecule has 2 N–H and O–H groups in total. The van der Waals surface area contributed by atoms with E-state index in [1.807, 2.05) is 6.92 Å². The van der Waals surface area contributed by atoms with E-state index in [2.05, 4.69) is 12.2 Å². The molecule has 0 aromatic carbocycles. The van der Waals surface area contributed by atoms with Crippen LogP contribution in [-0.2, 0) is 9.47 Å². The van der Waals surface area contributed by atoms with Gasteiger partial charge >= 0.3 is 0 Å². The van der Waals surface area contributed by atoms with E-state index in [4.69, 9.17) is 14.6 Å². The van der Waals surface area contributed by atoms with Gasteiger partial charge in [-0.1, -0.05) is 13.3 Å². The number of aliphatic hydroxyl groups is 1. The van der Waals surface area contributed by atoms with Gasteiger partial charge in [-0.15, -0.1) is 0 Å². The molecule has 14 heavy (non-hydrogen) atoms. The Kier molecular flexibility index (Phi) is 10.8. The molecular formula is C10H23NO3. The van der Waals surface area contributed by atoms with Gasteiger partial charge in [-0.2, -0.15) is 0 Å². The Hall–Kier alpha value is -0.160. The first-order valence-corrected chi connectivity index (χ1v) is 5.38. The summed E-state index contributed by atoms with van der Waals surface area (Å²) in [5, 5.41) is 12.1. The van der Waals surface area contributed by atoms with Crippen LogP contribution in [0.2, 0.25) is 0 Å². The maximum absolute atomic E-state index is 8.95. The van der Waals surface area contributed by atoms with Crippen molar-refractivity contribution in [2.45, 2.75) is 32.9 Å². The van der Waals surface area contributed by atoms with Crippen molar-refractivity contribution < 1.29 is 14.6 Å². The summed E-state index contributed by atoms with van der Waals surface area (Å²) in [6, 6.07) is 0. The Morgan fingerprint density at radius 1 is 1.29 bits per heavy atom.